The predicted octanol–water partition coefficient (Wildman–Crippen LogP) is 2.87. The first-order valence-corrected chi connectivity index (χ1v) is 8.58. The first-order chi connectivity index (χ1) is 9.29. The number of hydrogen-bond donors (Lipinski definition) is 0. The van der Waals surface area contributed by atoms with Gasteiger partial charge in [0.15, 0.2) is 0 Å². The van der Waals surface area contributed by atoms with E-state index in [1.165, 1.54) is 0 Å². The quantitative estimate of drug-likeness (QED) is 0.613. The number of rotatable bonds is 3. The molecule has 1 aromatic carbocycles. The summed E-state index contributed by atoms with van der Waals surface area (Å²) in [5.41, 5.74) is -0.148. The smallest absolute Gasteiger partial charge is 0.340 e. The van der Waals surface area contributed by atoms with Crippen LogP contribution in [-0.4, -0.2) is 33.7 Å². The van der Waals surface area contributed by atoms with Crippen LogP contribution in [-0.2, 0) is 18.5 Å². The Kier molecular flexibility index (Phi) is 4.81. The molecule has 0 spiro atoms. The summed E-state index contributed by atoms with van der Waals surface area (Å²) in [5.74, 6) is -0.769. The van der Waals surface area contributed by atoms with Gasteiger partial charge >= 0.3 is 5.97 Å². The highest BCUT2D eigenvalue weighted by Gasteiger charge is 2.25. The Labute approximate surface area is 130 Å². The fourth-order valence-electron chi connectivity index (χ4n) is 1.67. The third-order valence-electron chi connectivity index (χ3n) is 2.66. The molecule has 0 saturated carbocycles. The minimum atomic E-state index is -4.03. The molecule has 110 valence electrons. The largest absolute Gasteiger partial charge is 0.456 e. The summed E-state index contributed by atoms with van der Waals surface area (Å²) >= 11 is 11.7. The second-order valence-electron chi connectivity index (χ2n) is 4.10. The Morgan fingerprint density at radius 2 is 2.05 bits per heavy atom. The summed E-state index contributed by atoms with van der Waals surface area (Å²) in [7, 11) is 1.20. The van der Waals surface area contributed by atoms with Crippen LogP contribution in [0.5, 0.6) is 0 Å². The van der Waals surface area contributed by atoms with Crippen molar-refractivity contribution < 1.29 is 22.7 Å². The topological polar surface area (TPSA) is 69.7 Å². The summed E-state index contributed by atoms with van der Waals surface area (Å²) in [6.45, 7) is 0.799. The molecule has 0 amide bonds. The SMILES string of the molecule is O=C(OC1CCOC1)c1cc(S(=O)(=O)Cl)cc(Cl)c1Cl. The van der Waals surface area contributed by atoms with Crippen LogP contribution < -0.4 is 0 Å². The van der Waals surface area contributed by atoms with Gasteiger partial charge in [0.1, 0.15) is 6.10 Å². The molecule has 1 aliphatic heterocycles. The van der Waals surface area contributed by atoms with E-state index in [1.807, 2.05) is 0 Å². The maximum absolute atomic E-state index is 12.0. The second kappa shape index (κ2) is 6.07. The standard InChI is InChI=1S/C11H9Cl3O5S/c12-9-4-7(20(14,16)17)3-8(10(9)13)11(15)19-6-1-2-18-5-6/h3-4,6H,1-2,5H2. The van der Waals surface area contributed by atoms with Crippen molar-refractivity contribution in [2.45, 2.75) is 17.4 Å². The first kappa shape index (κ1) is 15.9. The van der Waals surface area contributed by atoms with Gasteiger partial charge in [0.2, 0.25) is 0 Å². The Morgan fingerprint density at radius 1 is 1.35 bits per heavy atom. The minimum Gasteiger partial charge on any atom is -0.456 e. The lowest BCUT2D eigenvalue weighted by Crippen LogP contribution is -2.18. The van der Waals surface area contributed by atoms with Gasteiger partial charge in [-0.2, -0.15) is 0 Å². The van der Waals surface area contributed by atoms with Gasteiger partial charge in [0, 0.05) is 17.1 Å². The molecule has 9 heteroatoms. The zero-order valence-electron chi connectivity index (χ0n) is 9.94. The van der Waals surface area contributed by atoms with Gasteiger partial charge < -0.3 is 9.47 Å². The Hall–Kier alpha value is -0.530. The van der Waals surface area contributed by atoms with E-state index in [4.69, 9.17) is 43.4 Å². The van der Waals surface area contributed by atoms with Gasteiger partial charge in [-0.05, 0) is 12.1 Å². The van der Waals surface area contributed by atoms with Gasteiger partial charge in [-0.15, -0.1) is 0 Å². The van der Waals surface area contributed by atoms with Crippen molar-refractivity contribution in [1.29, 1.82) is 0 Å². The molecule has 0 aliphatic carbocycles. The monoisotopic (exact) mass is 358 g/mol. The average Bonchev–Trinajstić information content (AvgIpc) is 2.83. The normalized spacial score (nSPS) is 19.1. The van der Waals surface area contributed by atoms with Crippen LogP contribution in [0.15, 0.2) is 17.0 Å². The van der Waals surface area contributed by atoms with E-state index < -0.39 is 15.0 Å². The average molecular weight is 360 g/mol. The minimum absolute atomic E-state index is 0.0837. The molecule has 0 aromatic heterocycles. The van der Waals surface area contributed by atoms with Crippen LogP contribution in [0.1, 0.15) is 16.8 Å². The van der Waals surface area contributed by atoms with Crippen LogP contribution in [0, 0.1) is 0 Å². The number of esters is 1. The molecular weight excluding hydrogens is 351 g/mol. The van der Waals surface area contributed by atoms with Crippen molar-refractivity contribution in [2.75, 3.05) is 13.2 Å². The summed E-state index contributed by atoms with van der Waals surface area (Å²) in [4.78, 5) is 11.7. The number of ether oxygens (including phenoxy) is 2. The van der Waals surface area contributed by atoms with Crippen molar-refractivity contribution in [3.8, 4) is 0 Å². The zero-order valence-corrected chi connectivity index (χ0v) is 13.0. The highest BCUT2D eigenvalue weighted by Crippen LogP contribution is 2.31. The van der Waals surface area contributed by atoms with E-state index >= 15 is 0 Å². The molecule has 1 heterocycles. The van der Waals surface area contributed by atoms with Crippen molar-refractivity contribution in [1.82, 2.24) is 0 Å². The molecule has 1 saturated heterocycles. The van der Waals surface area contributed by atoms with Crippen LogP contribution in [0.4, 0.5) is 0 Å². The van der Waals surface area contributed by atoms with Crippen LogP contribution in [0.2, 0.25) is 10.0 Å². The van der Waals surface area contributed by atoms with Gasteiger partial charge in [0.05, 0.1) is 33.7 Å². The first-order valence-electron chi connectivity index (χ1n) is 5.51. The van der Waals surface area contributed by atoms with Crippen molar-refractivity contribution in [3.63, 3.8) is 0 Å². The van der Waals surface area contributed by atoms with E-state index in [9.17, 15) is 13.2 Å². The summed E-state index contributed by atoms with van der Waals surface area (Å²) in [6.07, 6.45) is 0.193. The second-order valence-corrected chi connectivity index (χ2v) is 7.45. The van der Waals surface area contributed by atoms with Crippen molar-refractivity contribution in [3.05, 3.63) is 27.7 Å². The highest BCUT2D eigenvalue weighted by atomic mass is 35.7. The summed E-state index contributed by atoms with van der Waals surface area (Å²) < 4.78 is 32.8. The molecule has 0 bridgehead atoms. The molecule has 1 aromatic rings. The third kappa shape index (κ3) is 3.56. The number of halogens is 3. The van der Waals surface area contributed by atoms with Crippen molar-refractivity contribution in [2.24, 2.45) is 0 Å². The van der Waals surface area contributed by atoms with Gasteiger partial charge in [-0.25, -0.2) is 13.2 Å². The van der Waals surface area contributed by atoms with Gasteiger partial charge in [0.25, 0.3) is 9.05 Å². The molecule has 0 radical (unpaired) electrons. The lowest BCUT2D eigenvalue weighted by molar-refractivity contribution is 0.0270. The number of benzene rings is 1. The van der Waals surface area contributed by atoms with Gasteiger partial charge in [-0.3, -0.25) is 0 Å². The molecule has 1 unspecified atom stereocenters. The van der Waals surface area contributed by atoms with E-state index in [2.05, 4.69) is 0 Å². The number of hydrogen-bond acceptors (Lipinski definition) is 5. The number of carbonyl (C=O) groups excluding carboxylic acids is 1. The van der Waals surface area contributed by atoms with E-state index in [-0.39, 0.29) is 26.6 Å². The molecule has 20 heavy (non-hydrogen) atoms. The Balaban J connectivity index is 2.34. The maximum Gasteiger partial charge on any atom is 0.340 e. The van der Waals surface area contributed by atoms with Crippen molar-refractivity contribution >= 4 is 48.9 Å². The fourth-order valence-corrected chi connectivity index (χ4v) is 2.93. The zero-order chi connectivity index (χ0) is 14.9. The predicted molar refractivity (Wildman–Crippen MR) is 74.1 cm³/mol. The lowest BCUT2D eigenvalue weighted by Gasteiger charge is -2.12. The third-order valence-corrected chi connectivity index (χ3v) is 4.80. The summed E-state index contributed by atoms with van der Waals surface area (Å²) in [5, 5.41) is -0.178. The molecule has 1 fully saturated rings. The van der Waals surface area contributed by atoms with E-state index in [0.717, 1.165) is 12.1 Å². The Morgan fingerprint density at radius 3 is 2.60 bits per heavy atom. The van der Waals surface area contributed by atoms with Crippen LogP contribution in [0.3, 0.4) is 0 Å². The molecule has 5 nitrogen and oxygen atoms in total. The van der Waals surface area contributed by atoms with Crippen LogP contribution in [0.25, 0.3) is 0 Å². The van der Waals surface area contributed by atoms with Crippen LogP contribution >= 0.6 is 33.9 Å². The lowest BCUT2D eigenvalue weighted by atomic mass is 10.2. The molecule has 0 N–H and O–H groups in total. The number of carbonyl (C=O) groups is 1. The Bertz CT molecular complexity index is 638. The van der Waals surface area contributed by atoms with E-state index in [1.54, 1.807) is 0 Å². The van der Waals surface area contributed by atoms with E-state index in [0.29, 0.717) is 19.6 Å². The fraction of sp³-hybridized carbons (Fsp3) is 0.364. The highest BCUT2D eigenvalue weighted by molar-refractivity contribution is 8.13. The molecular formula is C11H9Cl3O5S. The molecule has 1 aliphatic rings. The summed E-state index contributed by atoms with van der Waals surface area (Å²) in [6, 6.07) is 2.11. The molecule has 1 atom stereocenters. The maximum atomic E-state index is 12.0. The van der Waals surface area contributed by atoms with Gasteiger partial charge in [-0.1, -0.05) is 23.2 Å². The molecule has 2 rings (SSSR count).